The smallest absolute Gasteiger partial charge is 0.268 e. The van der Waals surface area contributed by atoms with Crippen molar-refractivity contribution in [3.63, 3.8) is 0 Å². The summed E-state index contributed by atoms with van der Waals surface area (Å²) in [5.41, 5.74) is 3.73. The minimum atomic E-state index is -0.282. The molecule has 0 N–H and O–H groups in total. The Labute approximate surface area is 156 Å². The lowest BCUT2D eigenvalue weighted by molar-refractivity contribution is -0.119. The molecular formula is C20H18ClNO2S. The molecule has 0 radical (unpaired) electrons. The number of anilines is 1. The minimum absolute atomic E-state index is 0.266. The molecule has 2 aromatic carbocycles. The van der Waals surface area contributed by atoms with E-state index in [1.165, 1.54) is 16.7 Å². The van der Waals surface area contributed by atoms with Crippen molar-refractivity contribution in [2.24, 2.45) is 0 Å². The highest BCUT2D eigenvalue weighted by atomic mass is 35.5. The highest BCUT2D eigenvalue weighted by molar-refractivity contribution is 8.04. The highest BCUT2D eigenvalue weighted by Gasteiger charge is 2.40. The van der Waals surface area contributed by atoms with Gasteiger partial charge in [-0.15, -0.1) is 11.8 Å². The van der Waals surface area contributed by atoms with Crippen molar-refractivity contribution in [2.45, 2.75) is 20.8 Å². The molecular weight excluding hydrogens is 354 g/mol. The molecule has 25 heavy (non-hydrogen) atoms. The van der Waals surface area contributed by atoms with E-state index in [-0.39, 0.29) is 11.8 Å². The van der Waals surface area contributed by atoms with Gasteiger partial charge in [0.15, 0.2) is 0 Å². The van der Waals surface area contributed by atoms with Crippen LogP contribution in [0.15, 0.2) is 47.4 Å². The standard InChI is InChI=1S/C20H18ClNO2S/c1-4-25-18-17(14-7-5-12(2)6-8-14)19(23)22(20(18)24)16-10-9-15(21)11-13(16)3/h5-11H,4H2,1-3H3. The maximum absolute atomic E-state index is 13.1. The number of rotatable bonds is 4. The van der Waals surface area contributed by atoms with Crippen LogP contribution in [0.4, 0.5) is 5.69 Å². The molecule has 0 unspecified atom stereocenters. The first kappa shape index (κ1) is 17.8. The average Bonchev–Trinajstić information content (AvgIpc) is 2.80. The van der Waals surface area contributed by atoms with Crippen molar-refractivity contribution in [1.29, 1.82) is 0 Å². The maximum Gasteiger partial charge on any atom is 0.272 e. The number of thioether (sulfide) groups is 1. The zero-order chi connectivity index (χ0) is 18.1. The van der Waals surface area contributed by atoms with Gasteiger partial charge in [0.1, 0.15) is 0 Å². The molecule has 0 spiro atoms. The predicted octanol–water partition coefficient (Wildman–Crippen LogP) is 4.99. The topological polar surface area (TPSA) is 37.4 Å². The largest absolute Gasteiger partial charge is 0.272 e. The molecule has 1 aliphatic heterocycles. The van der Waals surface area contributed by atoms with E-state index in [0.29, 0.717) is 21.2 Å². The second-order valence-corrected chi connectivity index (χ2v) is 7.59. The third-order valence-corrected chi connectivity index (χ3v) is 5.26. The molecule has 128 valence electrons. The Kier molecular flexibility index (Phi) is 5.02. The molecule has 0 aliphatic carbocycles. The highest BCUT2D eigenvalue weighted by Crippen LogP contribution is 2.39. The number of hydrogen-bond donors (Lipinski definition) is 0. The van der Waals surface area contributed by atoms with Crippen LogP contribution < -0.4 is 4.90 Å². The van der Waals surface area contributed by atoms with E-state index in [4.69, 9.17) is 11.6 Å². The van der Waals surface area contributed by atoms with Gasteiger partial charge in [0.25, 0.3) is 11.8 Å². The number of benzene rings is 2. The SMILES string of the molecule is CCSC1=C(c2ccc(C)cc2)C(=O)N(c2ccc(Cl)cc2C)C1=O. The number of hydrogen-bond acceptors (Lipinski definition) is 3. The number of carbonyl (C=O) groups is 2. The Balaban J connectivity index is 2.11. The van der Waals surface area contributed by atoms with Crippen LogP contribution >= 0.6 is 23.4 Å². The summed E-state index contributed by atoms with van der Waals surface area (Å²) in [6.45, 7) is 5.81. The lowest BCUT2D eigenvalue weighted by Gasteiger charge is -2.18. The van der Waals surface area contributed by atoms with E-state index in [1.807, 2.05) is 45.0 Å². The average molecular weight is 372 g/mol. The summed E-state index contributed by atoms with van der Waals surface area (Å²) in [5.74, 6) is 0.171. The molecule has 0 saturated heterocycles. The lowest BCUT2D eigenvalue weighted by Crippen LogP contribution is -2.31. The summed E-state index contributed by atoms with van der Waals surface area (Å²) in [6.07, 6.45) is 0. The van der Waals surface area contributed by atoms with Crippen molar-refractivity contribution in [3.05, 3.63) is 69.1 Å². The van der Waals surface area contributed by atoms with Crippen molar-refractivity contribution in [1.82, 2.24) is 0 Å². The predicted molar refractivity (Wildman–Crippen MR) is 105 cm³/mol. The van der Waals surface area contributed by atoms with Gasteiger partial charge in [0.05, 0.1) is 16.2 Å². The number of amides is 2. The third-order valence-electron chi connectivity index (χ3n) is 4.07. The summed E-state index contributed by atoms with van der Waals surface area (Å²) < 4.78 is 0. The monoisotopic (exact) mass is 371 g/mol. The van der Waals surface area contributed by atoms with Crippen molar-refractivity contribution >= 4 is 46.4 Å². The molecule has 3 nitrogen and oxygen atoms in total. The second kappa shape index (κ2) is 7.06. The van der Waals surface area contributed by atoms with E-state index in [1.54, 1.807) is 18.2 Å². The molecule has 5 heteroatoms. The van der Waals surface area contributed by atoms with Crippen molar-refractivity contribution < 1.29 is 9.59 Å². The number of nitrogens with zero attached hydrogens (tertiary/aromatic N) is 1. The van der Waals surface area contributed by atoms with Gasteiger partial charge in [0.2, 0.25) is 0 Å². The molecule has 3 rings (SSSR count). The van der Waals surface area contributed by atoms with Crippen LogP contribution in [0.5, 0.6) is 0 Å². The van der Waals surface area contributed by atoms with Gasteiger partial charge >= 0.3 is 0 Å². The van der Waals surface area contributed by atoms with Crippen LogP contribution in [0, 0.1) is 13.8 Å². The van der Waals surface area contributed by atoms with Crippen LogP contribution in [0.3, 0.4) is 0 Å². The molecule has 2 aromatic rings. The van der Waals surface area contributed by atoms with Gasteiger partial charge < -0.3 is 0 Å². The van der Waals surface area contributed by atoms with Gasteiger partial charge in [-0.1, -0.05) is 48.4 Å². The summed E-state index contributed by atoms with van der Waals surface area (Å²) in [7, 11) is 0. The summed E-state index contributed by atoms with van der Waals surface area (Å²) in [5, 5.41) is 0.579. The zero-order valence-corrected chi connectivity index (χ0v) is 15.9. The Morgan fingerprint density at radius 2 is 1.68 bits per heavy atom. The van der Waals surface area contributed by atoms with Gasteiger partial charge in [-0.2, -0.15) is 0 Å². The molecule has 0 atom stereocenters. The molecule has 0 aromatic heterocycles. The zero-order valence-electron chi connectivity index (χ0n) is 14.3. The first-order valence-corrected chi connectivity index (χ1v) is 9.39. The Morgan fingerprint density at radius 3 is 2.28 bits per heavy atom. The quantitative estimate of drug-likeness (QED) is 0.710. The first-order valence-electron chi connectivity index (χ1n) is 8.03. The summed E-state index contributed by atoms with van der Waals surface area (Å²) >= 11 is 7.42. The number of imide groups is 1. The lowest BCUT2D eigenvalue weighted by atomic mass is 10.0. The second-order valence-electron chi connectivity index (χ2n) is 5.88. The van der Waals surface area contributed by atoms with Crippen LogP contribution in [-0.2, 0) is 9.59 Å². The third kappa shape index (κ3) is 3.24. The van der Waals surface area contributed by atoms with Crippen LogP contribution in [0.25, 0.3) is 5.57 Å². The van der Waals surface area contributed by atoms with Crippen molar-refractivity contribution in [2.75, 3.05) is 10.7 Å². The first-order chi connectivity index (χ1) is 11.9. The fraction of sp³-hybridized carbons (Fsp3) is 0.200. The van der Waals surface area contributed by atoms with E-state index < -0.39 is 0 Å². The van der Waals surface area contributed by atoms with E-state index in [2.05, 4.69) is 0 Å². The minimum Gasteiger partial charge on any atom is -0.268 e. The molecule has 2 amide bonds. The van der Waals surface area contributed by atoms with Gasteiger partial charge in [0, 0.05) is 5.02 Å². The summed E-state index contributed by atoms with van der Waals surface area (Å²) in [6, 6.07) is 12.9. The van der Waals surface area contributed by atoms with Gasteiger partial charge in [-0.3, -0.25) is 9.59 Å². The van der Waals surface area contributed by atoms with E-state index in [0.717, 1.165) is 22.4 Å². The summed E-state index contributed by atoms with van der Waals surface area (Å²) in [4.78, 5) is 27.9. The fourth-order valence-corrected chi connectivity index (χ4v) is 3.93. The molecule has 1 heterocycles. The molecule has 1 aliphatic rings. The molecule has 0 saturated carbocycles. The van der Waals surface area contributed by atoms with E-state index >= 15 is 0 Å². The molecule has 0 fully saturated rings. The van der Waals surface area contributed by atoms with E-state index in [9.17, 15) is 9.59 Å². The van der Waals surface area contributed by atoms with Crippen LogP contribution in [0.1, 0.15) is 23.6 Å². The number of halogens is 1. The number of carbonyl (C=O) groups excluding carboxylic acids is 2. The Morgan fingerprint density at radius 1 is 1.00 bits per heavy atom. The Hall–Kier alpha value is -2.04. The van der Waals surface area contributed by atoms with Crippen molar-refractivity contribution in [3.8, 4) is 0 Å². The van der Waals surface area contributed by atoms with Crippen LogP contribution in [0.2, 0.25) is 5.02 Å². The van der Waals surface area contributed by atoms with Gasteiger partial charge in [-0.05, 0) is 48.9 Å². The fourth-order valence-electron chi connectivity index (χ4n) is 2.85. The molecule has 0 bridgehead atoms. The Bertz CT molecular complexity index is 887. The normalized spacial score (nSPS) is 14.6. The maximum atomic E-state index is 13.1. The van der Waals surface area contributed by atoms with Crippen LogP contribution in [-0.4, -0.2) is 17.6 Å². The van der Waals surface area contributed by atoms with Gasteiger partial charge in [-0.25, -0.2) is 4.90 Å². The number of aryl methyl sites for hydroxylation is 2.